The van der Waals surface area contributed by atoms with Crippen molar-refractivity contribution in [3.8, 4) is 11.5 Å². The highest BCUT2D eigenvalue weighted by Crippen LogP contribution is 2.36. The number of barbiturate groups is 1. The first kappa shape index (κ1) is 15.7. The van der Waals surface area contributed by atoms with Crippen LogP contribution in [0.5, 0.6) is 11.5 Å². The standard InChI is InChI=1S/C16H9IN2O6/c17-13-4-2-9(25-13)6-10-14(20)18-16(22)19(15(10)21)8-1-3-11-12(5-8)24-7-23-11/h1-6H,7H2,(H,18,20,22)/b10-6-. The van der Waals surface area contributed by atoms with Gasteiger partial charge in [-0.2, -0.15) is 0 Å². The van der Waals surface area contributed by atoms with E-state index >= 15 is 0 Å². The molecule has 3 heterocycles. The Kier molecular flexibility index (Phi) is 3.71. The van der Waals surface area contributed by atoms with Gasteiger partial charge in [-0.25, -0.2) is 9.69 Å². The number of nitrogens with zero attached hydrogens (tertiary/aromatic N) is 1. The normalized spacial score (nSPS) is 18.0. The Morgan fingerprint density at radius 3 is 2.64 bits per heavy atom. The second-order valence-corrected chi connectivity index (χ2v) is 6.20. The van der Waals surface area contributed by atoms with Crippen LogP contribution in [0.3, 0.4) is 0 Å². The summed E-state index contributed by atoms with van der Waals surface area (Å²) in [6.07, 6.45) is 1.30. The SMILES string of the molecule is O=C1NC(=O)N(c2ccc3c(c2)OCO3)C(=O)/C1=C\c1ccc(I)o1. The van der Waals surface area contributed by atoms with Gasteiger partial charge in [0.15, 0.2) is 15.3 Å². The minimum atomic E-state index is -0.833. The van der Waals surface area contributed by atoms with Gasteiger partial charge in [0.1, 0.15) is 11.3 Å². The number of nitrogens with one attached hydrogen (secondary N) is 1. The molecule has 0 aliphatic carbocycles. The second-order valence-electron chi connectivity index (χ2n) is 5.14. The topological polar surface area (TPSA) is 98.1 Å². The third kappa shape index (κ3) is 2.76. The van der Waals surface area contributed by atoms with Gasteiger partial charge >= 0.3 is 6.03 Å². The van der Waals surface area contributed by atoms with Crippen LogP contribution in [-0.2, 0) is 9.59 Å². The fourth-order valence-electron chi connectivity index (χ4n) is 2.46. The van der Waals surface area contributed by atoms with Gasteiger partial charge in [-0.1, -0.05) is 0 Å². The molecule has 1 saturated heterocycles. The summed E-state index contributed by atoms with van der Waals surface area (Å²) in [5.41, 5.74) is 0.0576. The zero-order chi connectivity index (χ0) is 17.6. The van der Waals surface area contributed by atoms with Crippen molar-refractivity contribution in [2.75, 3.05) is 11.7 Å². The van der Waals surface area contributed by atoms with Crippen LogP contribution in [0.1, 0.15) is 5.76 Å². The zero-order valence-corrected chi connectivity index (χ0v) is 14.6. The summed E-state index contributed by atoms with van der Waals surface area (Å²) in [6.45, 7) is 0.0691. The maximum Gasteiger partial charge on any atom is 0.335 e. The molecule has 0 saturated carbocycles. The molecule has 0 radical (unpaired) electrons. The molecular formula is C16H9IN2O6. The Morgan fingerprint density at radius 1 is 1.08 bits per heavy atom. The highest BCUT2D eigenvalue weighted by atomic mass is 127. The number of halogens is 1. The fraction of sp³-hybridized carbons (Fsp3) is 0.0625. The summed E-state index contributed by atoms with van der Waals surface area (Å²) in [5.74, 6) is -0.257. The molecule has 0 unspecified atom stereocenters. The first-order chi connectivity index (χ1) is 12.0. The predicted molar refractivity (Wildman–Crippen MR) is 93.0 cm³/mol. The number of anilines is 1. The van der Waals surface area contributed by atoms with Crippen LogP contribution in [-0.4, -0.2) is 24.6 Å². The van der Waals surface area contributed by atoms with Gasteiger partial charge in [0, 0.05) is 6.07 Å². The molecular weight excluding hydrogens is 443 g/mol. The van der Waals surface area contributed by atoms with Crippen molar-refractivity contribution in [1.82, 2.24) is 5.32 Å². The van der Waals surface area contributed by atoms with Gasteiger partial charge < -0.3 is 13.9 Å². The Balaban J connectivity index is 1.72. The van der Waals surface area contributed by atoms with Crippen LogP contribution < -0.4 is 19.7 Å². The van der Waals surface area contributed by atoms with Crippen LogP contribution in [0.4, 0.5) is 10.5 Å². The third-order valence-corrected chi connectivity index (χ3v) is 4.18. The quantitative estimate of drug-likeness (QED) is 0.427. The summed E-state index contributed by atoms with van der Waals surface area (Å²) in [5, 5.41) is 2.15. The number of imide groups is 2. The van der Waals surface area contributed by atoms with Crippen molar-refractivity contribution < 1.29 is 28.3 Å². The molecule has 2 aliphatic heterocycles. The van der Waals surface area contributed by atoms with E-state index in [1.54, 1.807) is 18.2 Å². The highest BCUT2D eigenvalue weighted by Gasteiger charge is 2.37. The van der Waals surface area contributed by atoms with Gasteiger partial charge in [0.25, 0.3) is 11.8 Å². The molecule has 0 atom stereocenters. The summed E-state index contributed by atoms with van der Waals surface area (Å²) < 4.78 is 16.4. The van der Waals surface area contributed by atoms with Crippen LogP contribution in [0, 0.1) is 3.77 Å². The summed E-state index contributed by atoms with van der Waals surface area (Å²) >= 11 is 1.97. The summed E-state index contributed by atoms with van der Waals surface area (Å²) in [7, 11) is 0. The lowest BCUT2D eigenvalue weighted by Gasteiger charge is -2.26. The average molecular weight is 452 g/mol. The number of hydrogen-bond donors (Lipinski definition) is 1. The molecule has 25 heavy (non-hydrogen) atoms. The Bertz CT molecular complexity index is 948. The van der Waals surface area contributed by atoms with Crippen LogP contribution in [0.15, 0.2) is 40.3 Å². The Labute approximate surface area is 154 Å². The van der Waals surface area contributed by atoms with Crippen molar-refractivity contribution in [1.29, 1.82) is 0 Å². The lowest BCUT2D eigenvalue weighted by atomic mass is 10.1. The minimum Gasteiger partial charge on any atom is -0.454 e. The van der Waals surface area contributed by atoms with Gasteiger partial charge in [0.05, 0.1) is 5.69 Å². The molecule has 4 amide bonds. The lowest BCUT2D eigenvalue weighted by Crippen LogP contribution is -2.54. The van der Waals surface area contributed by atoms with E-state index in [1.807, 2.05) is 22.6 Å². The molecule has 0 bridgehead atoms. The first-order valence-electron chi connectivity index (χ1n) is 7.09. The Hall–Kier alpha value is -2.82. The number of amides is 4. The number of fused-ring (bicyclic) bond motifs is 1. The second kappa shape index (κ2) is 5.92. The van der Waals surface area contributed by atoms with Gasteiger partial charge in [-0.15, -0.1) is 0 Å². The lowest BCUT2D eigenvalue weighted by molar-refractivity contribution is -0.122. The molecule has 8 nitrogen and oxygen atoms in total. The van der Waals surface area contributed by atoms with Gasteiger partial charge in [-0.05, 0) is 52.9 Å². The molecule has 1 aromatic heterocycles. The number of benzene rings is 1. The van der Waals surface area contributed by atoms with Crippen molar-refractivity contribution in [3.63, 3.8) is 0 Å². The molecule has 1 aromatic carbocycles. The van der Waals surface area contributed by atoms with Crippen molar-refractivity contribution in [2.24, 2.45) is 0 Å². The molecule has 126 valence electrons. The first-order valence-corrected chi connectivity index (χ1v) is 8.17. The summed E-state index contributed by atoms with van der Waals surface area (Å²) in [6, 6.07) is 7.11. The number of hydrogen-bond acceptors (Lipinski definition) is 6. The number of ether oxygens (including phenoxy) is 2. The minimum absolute atomic E-state index is 0.0691. The number of carbonyl (C=O) groups is 3. The maximum atomic E-state index is 12.7. The summed E-state index contributed by atoms with van der Waals surface area (Å²) in [4.78, 5) is 37.8. The largest absolute Gasteiger partial charge is 0.454 e. The van der Waals surface area contributed by atoms with Crippen LogP contribution >= 0.6 is 22.6 Å². The molecule has 2 aromatic rings. The molecule has 0 spiro atoms. The number of rotatable bonds is 2. The molecule has 2 aliphatic rings. The van der Waals surface area contributed by atoms with E-state index in [-0.39, 0.29) is 18.1 Å². The van der Waals surface area contributed by atoms with Crippen molar-refractivity contribution in [3.05, 3.63) is 45.4 Å². The van der Waals surface area contributed by atoms with Gasteiger partial charge in [0.2, 0.25) is 6.79 Å². The number of carbonyl (C=O) groups excluding carboxylic acids is 3. The van der Waals surface area contributed by atoms with E-state index < -0.39 is 17.8 Å². The molecule has 4 rings (SSSR count). The van der Waals surface area contributed by atoms with E-state index in [1.165, 1.54) is 18.2 Å². The third-order valence-electron chi connectivity index (χ3n) is 3.60. The molecule has 9 heteroatoms. The van der Waals surface area contributed by atoms with Gasteiger partial charge in [-0.3, -0.25) is 14.9 Å². The molecule has 1 N–H and O–H groups in total. The van der Waals surface area contributed by atoms with Crippen molar-refractivity contribution in [2.45, 2.75) is 0 Å². The predicted octanol–water partition coefficient (Wildman–Crippen LogP) is 2.28. The maximum absolute atomic E-state index is 12.7. The number of urea groups is 1. The fourth-order valence-corrected chi connectivity index (χ4v) is 2.90. The van der Waals surface area contributed by atoms with E-state index in [9.17, 15) is 14.4 Å². The van der Waals surface area contributed by atoms with E-state index in [0.29, 0.717) is 21.0 Å². The Morgan fingerprint density at radius 2 is 1.88 bits per heavy atom. The smallest absolute Gasteiger partial charge is 0.335 e. The van der Waals surface area contributed by atoms with Crippen LogP contribution in [0.25, 0.3) is 6.08 Å². The number of furan rings is 1. The monoisotopic (exact) mass is 452 g/mol. The van der Waals surface area contributed by atoms with E-state index in [0.717, 1.165) is 4.90 Å². The van der Waals surface area contributed by atoms with E-state index in [2.05, 4.69) is 5.32 Å². The van der Waals surface area contributed by atoms with E-state index in [4.69, 9.17) is 13.9 Å². The average Bonchev–Trinajstić information content (AvgIpc) is 3.19. The van der Waals surface area contributed by atoms with Crippen molar-refractivity contribution >= 4 is 52.2 Å². The highest BCUT2D eigenvalue weighted by molar-refractivity contribution is 14.1. The zero-order valence-electron chi connectivity index (χ0n) is 12.4. The van der Waals surface area contributed by atoms with Crippen LogP contribution in [0.2, 0.25) is 0 Å². The molecule has 1 fully saturated rings.